The molecule has 0 spiro atoms. The maximum Gasteiger partial charge on any atom is 0.159 e. The van der Waals surface area contributed by atoms with Gasteiger partial charge < -0.3 is 4.74 Å². The highest BCUT2D eigenvalue weighted by Crippen LogP contribution is 2.30. The Hall–Kier alpha value is -2.09. The number of carbonyl (C=O) groups excluding carboxylic acids is 1. The van der Waals surface area contributed by atoms with Gasteiger partial charge in [-0.1, -0.05) is 24.3 Å². The van der Waals surface area contributed by atoms with Gasteiger partial charge in [-0.05, 0) is 41.8 Å². The van der Waals surface area contributed by atoms with Crippen molar-refractivity contribution < 1.29 is 9.53 Å². The molecule has 0 bridgehead atoms. The van der Waals surface area contributed by atoms with Crippen molar-refractivity contribution in [2.24, 2.45) is 0 Å². The molecule has 0 amide bonds. The minimum absolute atomic E-state index is 0.0985. The quantitative estimate of drug-likeness (QED) is 0.748. The van der Waals surface area contributed by atoms with Crippen LogP contribution in [-0.2, 0) is 6.42 Å². The van der Waals surface area contributed by atoms with Crippen LogP contribution in [0.15, 0.2) is 42.5 Å². The van der Waals surface area contributed by atoms with Crippen molar-refractivity contribution in [1.29, 1.82) is 0 Å². The van der Waals surface area contributed by atoms with E-state index in [0.717, 1.165) is 35.5 Å². The average molecular weight is 238 g/mol. The summed E-state index contributed by atoms with van der Waals surface area (Å²) in [5, 5.41) is 0. The van der Waals surface area contributed by atoms with Crippen LogP contribution < -0.4 is 4.74 Å². The zero-order chi connectivity index (χ0) is 12.5. The van der Waals surface area contributed by atoms with E-state index in [2.05, 4.69) is 6.07 Å². The smallest absolute Gasteiger partial charge is 0.159 e. The molecule has 0 aliphatic carbocycles. The molecule has 0 atom stereocenters. The summed E-state index contributed by atoms with van der Waals surface area (Å²) < 4.78 is 5.50. The van der Waals surface area contributed by atoms with Crippen molar-refractivity contribution in [2.75, 3.05) is 6.61 Å². The standard InChI is InChI=1S/C16H14O2/c1-11(17)12-3-2-4-13(9-12)14-5-6-16-15(10-14)7-8-18-16/h2-6,9-10H,7-8H2,1H3. The third kappa shape index (κ3) is 1.90. The predicted octanol–water partition coefficient (Wildman–Crippen LogP) is 3.49. The van der Waals surface area contributed by atoms with Gasteiger partial charge >= 0.3 is 0 Å². The van der Waals surface area contributed by atoms with Crippen LogP contribution in [0.5, 0.6) is 5.75 Å². The summed E-state index contributed by atoms with van der Waals surface area (Å²) in [5.74, 6) is 1.09. The SMILES string of the molecule is CC(=O)c1cccc(-c2ccc3c(c2)CCO3)c1. The average Bonchev–Trinajstić information content (AvgIpc) is 2.86. The number of fused-ring (bicyclic) bond motifs is 1. The summed E-state index contributed by atoms with van der Waals surface area (Å²) in [6.07, 6.45) is 0.968. The third-order valence-corrected chi connectivity index (χ3v) is 3.29. The number of hydrogen-bond donors (Lipinski definition) is 0. The molecular formula is C16H14O2. The lowest BCUT2D eigenvalue weighted by Gasteiger charge is -2.06. The Morgan fingerprint density at radius 2 is 1.94 bits per heavy atom. The van der Waals surface area contributed by atoms with E-state index in [-0.39, 0.29) is 5.78 Å². The molecule has 1 heterocycles. The van der Waals surface area contributed by atoms with Crippen LogP contribution in [0.1, 0.15) is 22.8 Å². The summed E-state index contributed by atoms with van der Waals surface area (Å²) in [6, 6.07) is 14.0. The first kappa shape index (κ1) is 11.0. The number of benzene rings is 2. The Morgan fingerprint density at radius 3 is 2.78 bits per heavy atom. The number of carbonyl (C=O) groups is 1. The fourth-order valence-corrected chi connectivity index (χ4v) is 2.28. The van der Waals surface area contributed by atoms with Crippen molar-refractivity contribution in [1.82, 2.24) is 0 Å². The molecule has 2 aromatic carbocycles. The Bertz CT molecular complexity index is 614. The van der Waals surface area contributed by atoms with Crippen LogP contribution in [0.4, 0.5) is 0 Å². The van der Waals surface area contributed by atoms with Crippen molar-refractivity contribution in [3.05, 3.63) is 53.6 Å². The lowest BCUT2D eigenvalue weighted by molar-refractivity contribution is 0.101. The number of hydrogen-bond acceptors (Lipinski definition) is 2. The molecule has 3 rings (SSSR count). The molecule has 18 heavy (non-hydrogen) atoms. The predicted molar refractivity (Wildman–Crippen MR) is 71.1 cm³/mol. The molecular weight excluding hydrogens is 224 g/mol. The number of ether oxygens (including phenoxy) is 1. The molecule has 0 N–H and O–H groups in total. The highest BCUT2D eigenvalue weighted by molar-refractivity contribution is 5.95. The van der Waals surface area contributed by atoms with Crippen LogP contribution in [0, 0.1) is 0 Å². The second-order valence-corrected chi connectivity index (χ2v) is 4.56. The summed E-state index contributed by atoms with van der Waals surface area (Å²) in [5.41, 5.74) is 4.23. The highest BCUT2D eigenvalue weighted by Gasteiger charge is 2.12. The largest absolute Gasteiger partial charge is 0.493 e. The van der Waals surface area contributed by atoms with Crippen LogP contribution in [0.3, 0.4) is 0 Å². The molecule has 0 fully saturated rings. The first-order valence-electron chi connectivity index (χ1n) is 6.11. The van der Waals surface area contributed by atoms with Gasteiger partial charge in [0.1, 0.15) is 5.75 Å². The zero-order valence-electron chi connectivity index (χ0n) is 10.3. The molecule has 1 aliphatic rings. The van der Waals surface area contributed by atoms with E-state index in [0.29, 0.717) is 0 Å². The molecule has 0 unspecified atom stereocenters. The van der Waals surface area contributed by atoms with Crippen LogP contribution in [-0.4, -0.2) is 12.4 Å². The molecule has 0 saturated heterocycles. The highest BCUT2D eigenvalue weighted by atomic mass is 16.5. The van der Waals surface area contributed by atoms with Gasteiger partial charge in [0.2, 0.25) is 0 Å². The van der Waals surface area contributed by atoms with Crippen molar-refractivity contribution >= 4 is 5.78 Å². The van der Waals surface area contributed by atoms with Gasteiger partial charge in [-0.25, -0.2) is 0 Å². The van der Waals surface area contributed by atoms with Crippen molar-refractivity contribution in [2.45, 2.75) is 13.3 Å². The van der Waals surface area contributed by atoms with Crippen molar-refractivity contribution in [3.63, 3.8) is 0 Å². The second kappa shape index (κ2) is 4.30. The van der Waals surface area contributed by atoms with E-state index in [1.807, 2.05) is 36.4 Å². The monoisotopic (exact) mass is 238 g/mol. The number of rotatable bonds is 2. The maximum absolute atomic E-state index is 11.4. The second-order valence-electron chi connectivity index (χ2n) is 4.56. The van der Waals surface area contributed by atoms with Gasteiger partial charge in [-0.2, -0.15) is 0 Å². The molecule has 2 aromatic rings. The molecule has 0 aromatic heterocycles. The molecule has 2 heteroatoms. The van der Waals surface area contributed by atoms with Gasteiger partial charge in [0, 0.05) is 12.0 Å². The Balaban J connectivity index is 2.04. The van der Waals surface area contributed by atoms with Gasteiger partial charge in [0.25, 0.3) is 0 Å². The summed E-state index contributed by atoms with van der Waals surface area (Å²) in [6.45, 7) is 2.36. The Kier molecular flexibility index (Phi) is 2.63. The first-order chi connectivity index (χ1) is 8.74. The summed E-state index contributed by atoms with van der Waals surface area (Å²) in [7, 11) is 0. The fraction of sp³-hybridized carbons (Fsp3) is 0.188. The van der Waals surface area contributed by atoms with Gasteiger partial charge in [0.05, 0.1) is 6.61 Å². The van der Waals surface area contributed by atoms with E-state index >= 15 is 0 Å². The van der Waals surface area contributed by atoms with Gasteiger partial charge in [0.15, 0.2) is 5.78 Å². The minimum atomic E-state index is 0.0985. The van der Waals surface area contributed by atoms with Crippen molar-refractivity contribution in [3.8, 4) is 16.9 Å². The molecule has 1 aliphatic heterocycles. The molecule has 0 radical (unpaired) electrons. The lowest BCUT2D eigenvalue weighted by Crippen LogP contribution is -1.91. The normalized spacial score (nSPS) is 12.9. The van der Waals surface area contributed by atoms with E-state index in [1.165, 1.54) is 5.56 Å². The zero-order valence-corrected chi connectivity index (χ0v) is 10.3. The van der Waals surface area contributed by atoms with E-state index in [4.69, 9.17) is 4.74 Å². The van der Waals surface area contributed by atoms with E-state index in [1.54, 1.807) is 6.92 Å². The topological polar surface area (TPSA) is 26.3 Å². The summed E-state index contributed by atoms with van der Waals surface area (Å²) >= 11 is 0. The maximum atomic E-state index is 11.4. The van der Waals surface area contributed by atoms with E-state index < -0.39 is 0 Å². The number of ketones is 1. The molecule has 2 nitrogen and oxygen atoms in total. The molecule has 90 valence electrons. The lowest BCUT2D eigenvalue weighted by atomic mass is 9.99. The fourth-order valence-electron chi connectivity index (χ4n) is 2.28. The first-order valence-corrected chi connectivity index (χ1v) is 6.11. The van der Waals surface area contributed by atoms with E-state index in [9.17, 15) is 4.79 Å². The van der Waals surface area contributed by atoms with Gasteiger partial charge in [-0.15, -0.1) is 0 Å². The van der Waals surface area contributed by atoms with Crippen LogP contribution >= 0.6 is 0 Å². The Labute approximate surface area is 106 Å². The number of Topliss-reactive ketones (excluding diaryl/α,β-unsaturated/α-hetero) is 1. The minimum Gasteiger partial charge on any atom is -0.493 e. The Morgan fingerprint density at radius 1 is 1.11 bits per heavy atom. The summed E-state index contributed by atoms with van der Waals surface area (Å²) in [4.78, 5) is 11.4. The van der Waals surface area contributed by atoms with Crippen LogP contribution in [0.25, 0.3) is 11.1 Å². The molecule has 0 saturated carbocycles. The third-order valence-electron chi connectivity index (χ3n) is 3.29. The van der Waals surface area contributed by atoms with Gasteiger partial charge in [-0.3, -0.25) is 4.79 Å². The van der Waals surface area contributed by atoms with Crippen LogP contribution in [0.2, 0.25) is 0 Å².